The molecule has 2 aromatic rings. The first-order valence-electron chi connectivity index (χ1n) is 8.92. The SMILES string of the molecule is O=C(COc1ccc2ccccc2c1)NC1CCC2OCCOC2C1. The van der Waals surface area contributed by atoms with Gasteiger partial charge >= 0.3 is 0 Å². The first-order valence-corrected chi connectivity index (χ1v) is 8.92. The second-order valence-corrected chi connectivity index (χ2v) is 6.69. The van der Waals surface area contributed by atoms with Gasteiger partial charge in [-0.1, -0.05) is 30.3 Å². The highest BCUT2D eigenvalue weighted by molar-refractivity contribution is 5.84. The highest BCUT2D eigenvalue weighted by atomic mass is 16.6. The van der Waals surface area contributed by atoms with Crippen molar-refractivity contribution in [2.45, 2.75) is 37.5 Å². The van der Waals surface area contributed by atoms with E-state index >= 15 is 0 Å². The summed E-state index contributed by atoms with van der Waals surface area (Å²) in [5.41, 5.74) is 0. The molecule has 1 N–H and O–H groups in total. The van der Waals surface area contributed by atoms with Crippen molar-refractivity contribution in [3.05, 3.63) is 42.5 Å². The van der Waals surface area contributed by atoms with E-state index in [4.69, 9.17) is 14.2 Å². The molecule has 1 saturated heterocycles. The van der Waals surface area contributed by atoms with Crippen molar-refractivity contribution in [1.29, 1.82) is 0 Å². The fourth-order valence-corrected chi connectivity index (χ4v) is 3.67. The highest BCUT2D eigenvalue weighted by Gasteiger charge is 2.34. The minimum absolute atomic E-state index is 0.0281. The Bertz CT molecular complexity index is 747. The van der Waals surface area contributed by atoms with E-state index in [1.807, 2.05) is 36.4 Å². The summed E-state index contributed by atoms with van der Waals surface area (Å²) in [6.45, 7) is 1.35. The number of fused-ring (bicyclic) bond motifs is 2. The molecule has 0 spiro atoms. The molecule has 132 valence electrons. The zero-order valence-electron chi connectivity index (χ0n) is 14.1. The lowest BCUT2D eigenvalue weighted by Crippen LogP contribution is -2.49. The van der Waals surface area contributed by atoms with E-state index < -0.39 is 0 Å². The van der Waals surface area contributed by atoms with Gasteiger partial charge < -0.3 is 19.5 Å². The summed E-state index contributed by atoms with van der Waals surface area (Å²) in [7, 11) is 0. The Kier molecular flexibility index (Phi) is 4.85. The molecule has 3 unspecified atom stereocenters. The van der Waals surface area contributed by atoms with Crippen LogP contribution in [0.3, 0.4) is 0 Å². The van der Waals surface area contributed by atoms with Crippen LogP contribution in [0.15, 0.2) is 42.5 Å². The standard InChI is InChI=1S/C20H23NO4/c22-20(21-16-6-8-18-19(12-16)24-10-9-23-18)13-25-17-7-5-14-3-1-2-4-15(14)11-17/h1-5,7,11,16,18-19H,6,8-10,12-13H2,(H,21,22). The van der Waals surface area contributed by atoms with E-state index in [9.17, 15) is 4.79 Å². The molecule has 0 aromatic heterocycles. The lowest BCUT2D eigenvalue weighted by molar-refractivity contribution is -0.158. The van der Waals surface area contributed by atoms with Crippen LogP contribution in [0.5, 0.6) is 5.75 Å². The average molecular weight is 341 g/mol. The van der Waals surface area contributed by atoms with E-state index in [-0.39, 0.29) is 30.8 Å². The fraction of sp³-hybridized carbons (Fsp3) is 0.450. The molecule has 1 aliphatic carbocycles. The monoisotopic (exact) mass is 341 g/mol. The molecule has 0 bridgehead atoms. The summed E-state index contributed by atoms with van der Waals surface area (Å²) in [6, 6.07) is 14.1. The number of nitrogens with one attached hydrogen (secondary N) is 1. The highest BCUT2D eigenvalue weighted by Crippen LogP contribution is 2.27. The van der Waals surface area contributed by atoms with Crippen LogP contribution in [0.4, 0.5) is 0 Å². The summed E-state index contributed by atoms with van der Waals surface area (Å²) in [4.78, 5) is 12.2. The molecule has 2 fully saturated rings. The molecule has 1 amide bonds. The van der Waals surface area contributed by atoms with E-state index in [1.54, 1.807) is 0 Å². The van der Waals surface area contributed by atoms with Crippen LogP contribution < -0.4 is 10.1 Å². The Morgan fingerprint density at radius 1 is 1.04 bits per heavy atom. The number of rotatable bonds is 4. The molecule has 5 heteroatoms. The Hall–Kier alpha value is -2.11. The molecule has 2 aliphatic rings. The van der Waals surface area contributed by atoms with E-state index in [2.05, 4.69) is 11.4 Å². The van der Waals surface area contributed by atoms with Gasteiger partial charge in [-0.3, -0.25) is 4.79 Å². The van der Waals surface area contributed by atoms with Crippen LogP contribution in [0.25, 0.3) is 10.8 Å². The first-order chi connectivity index (χ1) is 12.3. The molecule has 3 atom stereocenters. The summed E-state index contributed by atoms with van der Waals surface area (Å²) < 4.78 is 17.1. The number of hydrogen-bond acceptors (Lipinski definition) is 4. The van der Waals surface area contributed by atoms with E-state index in [1.165, 1.54) is 0 Å². The lowest BCUT2D eigenvalue weighted by atomic mass is 9.89. The van der Waals surface area contributed by atoms with Crippen molar-refractivity contribution in [3.8, 4) is 5.75 Å². The Morgan fingerprint density at radius 2 is 1.84 bits per heavy atom. The Balaban J connectivity index is 1.28. The van der Waals surface area contributed by atoms with Gasteiger partial charge in [0.05, 0.1) is 25.4 Å². The third kappa shape index (κ3) is 3.94. The third-order valence-electron chi connectivity index (χ3n) is 4.93. The Labute approximate surface area is 147 Å². The summed E-state index contributed by atoms with van der Waals surface area (Å²) in [6.07, 6.45) is 2.96. The van der Waals surface area contributed by atoms with Gasteiger partial charge in [0.15, 0.2) is 6.61 Å². The van der Waals surface area contributed by atoms with Crippen molar-refractivity contribution < 1.29 is 19.0 Å². The van der Waals surface area contributed by atoms with Crippen LogP contribution in [-0.4, -0.2) is 44.0 Å². The number of hydrogen-bond donors (Lipinski definition) is 1. The molecule has 4 rings (SSSR count). The van der Waals surface area contributed by atoms with Gasteiger partial charge in [-0.15, -0.1) is 0 Å². The van der Waals surface area contributed by atoms with Crippen LogP contribution >= 0.6 is 0 Å². The second-order valence-electron chi connectivity index (χ2n) is 6.69. The summed E-state index contributed by atoms with van der Waals surface area (Å²) >= 11 is 0. The van der Waals surface area contributed by atoms with Gasteiger partial charge in [0.2, 0.25) is 0 Å². The third-order valence-corrected chi connectivity index (χ3v) is 4.93. The fourth-order valence-electron chi connectivity index (χ4n) is 3.67. The Morgan fingerprint density at radius 3 is 2.72 bits per heavy atom. The number of carbonyl (C=O) groups is 1. The van der Waals surface area contributed by atoms with Gasteiger partial charge in [-0.05, 0) is 42.2 Å². The van der Waals surface area contributed by atoms with Crippen molar-refractivity contribution in [1.82, 2.24) is 5.32 Å². The molecule has 1 saturated carbocycles. The normalized spacial score (nSPS) is 26.0. The van der Waals surface area contributed by atoms with Crippen LogP contribution in [0.1, 0.15) is 19.3 Å². The second kappa shape index (κ2) is 7.42. The zero-order chi connectivity index (χ0) is 17.1. The predicted molar refractivity (Wildman–Crippen MR) is 94.7 cm³/mol. The van der Waals surface area contributed by atoms with Gasteiger partial charge in [0.1, 0.15) is 5.75 Å². The maximum atomic E-state index is 12.2. The van der Waals surface area contributed by atoms with Crippen molar-refractivity contribution in [2.75, 3.05) is 19.8 Å². The molecule has 5 nitrogen and oxygen atoms in total. The van der Waals surface area contributed by atoms with Gasteiger partial charge in [-0.25, -0.2) is 0 Å². The van der Waals surface area contributed by atoms with Gasteiger partial charge in [0.25, 0.3) is 5.91 Å². The molecular weight excluding hydrogens is 318 g/mol. The molecule has 25 heavy (non-hydrogen) atoms. The van der Waals surface area contributed by atoms with Crippen LogP contribution in [0.2, 0.25) is 0 Å². The van der Waals surface area contributed by atoms with Crippen LogP contribution in [0, 0.1) is 0 Å². The molecule has 1 heterocycles. The van der Waals surface area contributed by atoms with Crippen molar-refractivity contribution in [2.24, 2.45) is 0 Å². The zero-order valence-corrected chi connectivity index (χ0v) is 14.1. The molecule has 2 aromatic carbocycles. The molecular formula is C20H23NO4. The minimum atomic E-state index is -0.0895. The number of carbonyl (C=O) groups excluding carboxylic acids is 1. The molecule has 1 aliphatic heterocycles. The summed E-state index contributed by atoms with van der Waals surface area (Å²) in [5, 5.41) is 5.32. The van der Waals surface area contributed by atoms with Crippen molar-refractivity contribution in [3.63, 3.8) is 0 Å². The van der Waals surface area contributed by atoms with E-state index in [0.717, 1.165) is 30.0 Å². The number of benzene rings is 2. The largest absolute Gasteiger partial charge is 0.484 e. The van der Waals surface area contributed by atoms with Crippen molar-refractivity contribution >= 4 is 16.7 Å². The number of amides is 1. The topological polar surface area (TPSA) is 56.8 Å². The first kappa shape index (κ1) is 16.4. The average Bonchev–Trinajstić information content (AvgIpc) is 2.66. The quantitative estimate of drug-likeness (QED) is 0.929. The maximum Gasteiger partial charge on any atom is 0.258 e. The number of ether oxygens (including phenoxy) is 3. The lowest BCUT2D eigenvalue weighted by Gasteiger charge is -2.39. The van der Waals surface area contributed by atoms with Gasteiger partial charge in [0, 0.05) is 6.04 Å². The predicted octanol–water partition coefficient (Wildman–Crippen LogP) is 2.67. The van der Waals surface area contributed by atoms with E-state index in [0.29, 0.717) is 19.0 Å². The van der Waals surface area contributed by atoms with Gasteiger partial charge in [-0.2, -0.15) is 0 Å². The molecule has 0 radical (unpaired) electrons. The van der Waals surface area contributed by atoms with Crippen LogP contribution in [-0.2, 0) is 14.3 Å². The maximum absolute atomic E-state index is 12.2. The minimum Gasteiger partial charge on any atom is -0.484 e. The summed E-state index contributed by atoms with van der Waals surface area (Å²) in [5.74, 6) is 0.620. The smallest absolute Gasteiger partial charge is 0.258 e.